The molecule has 0 aliphatic rings. The molecule has 3 aromatic rings. The molecule has 0 spiro atoms. The average molecular weight is 330 g/mol. The third-order valence-corrected chi connectivity index (χ3v) is 3.50. The molecule has 1 aromatic heterocycles. The summed E-state index contributed by atoms with van der Waals surface area (Å²) >= 11 is 3.39. The van der Waals surface area contributed by atoms with Gasteiger partial charge in [-0.25, -0.2) is 0 Å². The standard InChI is InChI=1S/C15H12BrN3O/c16-12-8-6-11(7-9-12)14-18-15(20-19-14)13(17)10-4-2-1-3-5-10/h1-9,13H,17H2/t13-/m1/s1. The van der Waals surface area contributed by atoms with Crippen LogP contribution >= 0.6 is 15.9 Å². The van der Waals surface area contributed by atoms with Crippen molar-refractivity contribution in [1.29, 1.82) is 0 Å². The highest BCUT2D eigenvalue weighted by Crippen LogP contribution is 2.22. The van der Waals surface area contributed by atoms with Gasteiger partial charge in [0.25, 0.3) is 0 Å². The summed E-state index contributed by atoms with van der Waals surface area (Å²) in [7, 11) is 0. The summed E-state index contributed by atoms with van der Waals surface area (Å²) in [5.74, 6) is 0.952. The van der Waals surface area contributed by atoms with Crippen LogP contribution in [-0.4, -0.2) is 10.1 Å². The minimum absolute atomic E-state index is 0.409. The van der Waals surface area contributed by atoms with Crippen molar-refractivity contribution < 1.29 is 4.52 Å². The van der Waals surface area contributed by atoms with E-state index in [9.17, 15) is 0 Å². The van der Waals surface area contributed by atoms with Crippen LogP contribution in [0.2, 0.25) is 0 Å². The lowest BCUT2D eigenvalue weighted by Crippen LogP contribution is -2.11. The molecule has 3 rings (SSSR count). The first-order valence-corrected chi connectivity index (χ1v) is 6.93. The summed E-state index contributed by atoms with van der Waals surface area (Å²) in [6, 6.07) is 17.0. The Balaban J connectivity index is 1.89. The number of nitrogens with zero attached hydrogens (tertiary/aromatic N) is 2. The first kappa shape index (κ1) is 13.0. The van der Waals surface area contributed by atoms with Crippen molar-refractivity contribution in [3.8, 4) is 11.4 Å². The van der Waals surface area contributed by atoms with Crippen molar-refractivity contribution in [1.82, 2.24) is 10.1 Å². The molecule has 0 aliphatic heterocycles. The molecule has 100 valence electrons. The van der Waals surface area contributed by atoms with E-state index in [1.807, 2.05) is 54.6 Å². The summed E-state index contributed by atoms with van der Waals surface area (Å²) in [6.07, 6.45) is 0. The maximum absolute atomic E-state index is 6.13. The normalized spacial score (nSPS) is 12.3. The molecule has 2 aromatic carbocycles. The van der Waals surface area contributed by atoms with Gasteiger partial charge in [-0.2, -0.15) is 4.98 Å². The molecule has 0 amide bonds. The van der Waals surface area contributed by atoms with Crippen LogP contribution in [0.3, 0.4) is 0 Å². The van der Waals surface area contributed by atoms with Crippen molar-refractivity contribution in [2.24, 2.45) is 5.73 Å². The SMILES string of the molecule is N[C@H](c1ccccc1)c1nc(-c2ccc(Br)cc2)no1. The highest BCUT2D eigenvalue weighted by Gasteiger charge is 2.17. The quantitative estimate of drug-likeness (QED) is 0.798. The molecule has 4 nitrogen and oxygen atoms in total. The van der Waals surface area contributed by atoms with Gasteiger partial charge in [0, 0.05) is 10.0 Å². The van der Waals surface area contributed by atoms with Crippen molar-refractivity contribution in [2.75, 3.05) is 0 Å². The Morgan fingerprint density at radius 3 is 2.40 bits per heavy atom. The summed E-state index contributed by atoms with van der Waals surface area (Å²) in [5, 5.41) is 3.98. The number of nitrogens with two attached hydrogens (primary N) is 1. The van der Waals surface area contributed by atoms with Gasteiger partial charge in [-0.1, -0.05) is 51.4 Å². The minimum Gasteiger partial charge on any atom is -0.337 e. The van der Waals surface area contributed by atoms with Crippen LogP contribution in [0.1, 0.15) is 17.5 Å². The lowest BCUT2D eigenvalue weighted by molar-refractivity contribution is 0.367. The molecule has 0 unspecified atom stereocenters. The lowest BCUT2D eigenvalue weighted by atomic mass is 10.1. The van der Waals surface area contributed by atoms with Gasteiger partial charge < -0.3 is 10.3 Å². The second-order valence-electron chi connectivity index (χ2n) is 4.35. The van der Waals surface area contributed by atoms with Gasteiger partial charge in [-0.15, -0.1) is 0 Å². The van der Waals surface area contributed by atoms with E-state index in [2.05, 4.69) is 26.1 Å². The highest BCUT2D eigenvalue weighted by molar-refractivity contribution is 9.10. The minimum atomic E-state index is -0.409. The fraction of sp³-hybridized carbons (Fsp3) is 0.0667. The highest BCUT2D eigenvalue weighted by atomic mass is 79.9. The first-order valence-electron chi connectivity index (χ1n) is 6.14. The molecule has 0 bridgehead atoms. The molecule has 20 heavy (non-hydrogen) atoms. The number of benzene rings is 2. The Bertz CT molecular complexity index is 695. The Morgan fingerprint density at radius 1 is 1.00 bits per heavy atom. The summed E-state index contributed by atoms with van der Waals surface area (Å²) < 4.78 is 6.27. The third kappa shape index (κ3) is 2.64. The molecule has 1 heterocycles. The second kappa shape index (κ2) is 5.56. The number of aromatic nitrogens is 2. The Morgan fingerprint density at radius 2 is 1.70 bits per heavy atom. The van der Waals surface area contributed by atoms with E-state index in [4.69, 9.17) is 10.3 Å². The van der Waals surface area contributed by atoms with Crippen molar-refractivity contribution in [3.63, 3.8) is 0 Å². The maximum Gasteiger partial charge on any atom is 0.248 e. The molecule has 5 heteroatoms. The van der Waals surface area contributed by atoms with Gasteiger partial charge in [-0.05, 0) is 29.8 Å². The predicted octanol–water partition coefficient (Wildman–Crippen LogP) is 3.55. The Kier molecular flexibility index (Phi) is 3.62. The van der Waals surface area contributed by atoms with Gasteiger partial charge in [0.2, 0.25) is 11.7 Å². The van der Waals surface area contributed by atoms with Crippen LogP contribution in [0.4, 0.5) is 0 Å². The molecule has 0 saturated carbocycles. The zero-order valence-electron chi connectivity index (χ0n) is 10.5. The van der Waals surface area contributed by atoms with E-state index in [-0.39, 0.29) is 0 Å². The zero-order chi connectivity index (χ0) is 13.9. The molecule has 0 radical (unpaired) electrons. The molecule has 0 aliphatic carbocycles. The fourth-order valence-electron chi connectivity index (χ4n) is 1.88. The van der Waals surface area contributed by atoms with Gasteiger partial charge in [0.1, 0.15) is 6.04 Å². The van der Waals surface area contributed by atoms with Gasteiger partial charge in [0.05, 0.1) is 0 Å². The van der Waals surface area contributed by atoms with E-state index >= 15 is 0 Å². The summed E-state index contributed by atoms with van der Waals surface area (Å²) in [6.45, 7) is 0. The van der Waals surface area contributed by atoms with Crippen LogP contribution in [0.15, 0.2) is 63.6 Å². The first-order chi connectivity index (χ1) is 9.74. The average Bonchev–Trinajstić information content (AvgIpc) is 2.98. The zero-order valence-corrected chi connectivity index (χ0v) is 12.1. The predicted molar refractivity (Wildman–Crippen MR) is 79.9 cm³/mol. The van der Waals surface area contributed by atoms with E-state index in [1.54, 1.807) is 0 Å². The van der Waals surface area contributed by atoms with Gasteiger partial charge in [-0.3, -0.25) is 0 Å². The second-order valence-corrected chi connectivity index (χ2v) is 5.27. The van der Waals surface area contributed by atoms with Crippen LogP contribution in [0, 0.1) is 0 Å². The number of halogens is 1. The summed E-state index contributed by atoms with van der Waals surface area (Å²) in [4.78, 5) is 4.37. The van der Waals surface area contributed by atoms with Crippen molar-refractivity contribution in [3.05, 3.63) is 70.5 Å². The molecular formula is C15H12BrN3O. The lowest BCUT2D eigenvalue weighted by Gasteiger charge is -2.05. The number of hydrogen-bond donors (Lipinski definition) is 1. The molecule has 2 N–H and O–H groups in total. The number of hydrogen-bond acceptors (Lipinski definition) is 4. The largest absolute Gasteiger partial charge is 0.337 e. The van der Waals surface area contributed by atoms with E-state index in [0.29, 0.717) is 11.7 Å². The third-order valence-electron chi connectivity index (χ3n) is 2.97. The van der Waals surface area contributed by atoms with Crippen molar-refractivity contribution in [2.45, 2.75) is 6.04 Å². The van der Waals surface area contributed by atoms with Crippen LogP contribution in [0.25, 0.3) is 11.4 Å². The smallest absolute Gasteiger partial charge is 0.248 e. The monoisotopic (exact) mass is 329 g/mol. The molecule has 1 atom stereocenters. The van der Waals surface area contributed by atoms with Gasteiger partial charge in [0.15, 0.2) is 0 Å². The Hall–Kier alpha value is -1.98. The molecular weight excluding hydrogens is 318 g/mol. The molecule has 0 fully saturated rings. The van der Waals surface area contributed by atoms with E-state index in [1.165, 1.54) is 0 Å². The summed E-state index contributed by atoms with van der Waals surface area (Å²) in [5.41, 5.74) is 7.96. The Labute approximate surface area is 124 Å². The topological polar surface area (TPSA) is 64.9 Å². The van der Waals surface area contributed by atoms with Crippen LogP contribution in [0.5, 0.6) is 0 Å². The van der Waals surface area contributed by atoms with Crippen LogP contribution < -0.4 is 5.73 Å². The van der Waals surface area contributed by atoms with Crippen LogP contribution in [-0.2, 0) is 0 Å². The fourth-order valence-corrected chi connectivity index (χ4v) is 2.15. The number of rotatable bonds is 3. The van der Waals surface area contributed by atoms with Gasteiger partial charge >= 0.3 is 0 Å². The maximum atomic E-state index is 6.13. The van der Waals surface area contributed by atoms with E-state index < -0.39 is 6.04 Å². The molecule has 0 saturated heterocycles. The van der Waals surface area contributed by atoms with Crippen molar-refractivity contribution >= 4 is 15.9 Å². The van der Waals surface area contributed by atoms with E-state index in [0.717, 1.165) is 15.6 Å².